The Balaban J connectivity index is 2.18. The molecule has 0 aliphatic carbocycles. The van der Waals surface area contributed by atoms with Crippen LogP contribution in [0.4, 0.5) is 5.13 Å². The van der Waals surface area contributed by atoms with Crippen molar-refractivity contribution in [1.82, 2.24) is 15.2 Å². The average Bonchev–Trinajstić information content (AvgIpc) is 2.64. The Kier molecular flexibility index (Phi) is 3.12. The quantitative estimate of drug-likeness (QED) is 0.834. The molecule has 0 saturated carbocycles. The zero-order chi connectivity index (χ0) is 11.5. The molecule has 1 N–H and O–H groups in total. The molecule has 82 valence electrons. The van der Waals surface area contributed by atoms with Crippen LogP contribution in [0.15, 0.2) is 18.3 Å². The molecule has 0 bridgehead atoms. The molecule has 7 heteroatoms. The number of halogens is 1. The lowest BCUT2D eigenvalue weighted by Gasteiger charge is -2.01. The lowest BCUT2D eigenvalue weighted by Crippen LogP contribution is -2.12. The molecule has 0 saturated heterocycles. The summed E-state index contributed by atoms with van der Waals surface area (Å²) in [6.07, 6.45) is 1.52. The van der Waals surface area contributed by atoms with Crippen molar-refractivity contribution in [2.75, 3.05) is 5.32 Å². The van der Waals surface area contributed by atoms with Crippen molar-refractivity contribution in [1.29, 1.82) is 0 Å². The SMILES string of the molecule is Cc1nnc(NC(=O)c2cccnc2Cl)s1. The fourth-order valence-corrected chi connectivity index (χ4v) is 1.86. The van der Waals surface area contributed by atoms with E-state index < -0.39 is 0 Å². The first-order chi connectivity index (χ1) is 7.66. The van der Waals surface area contributed by atoms with E-state index in [1.807, 2.05) is 6.92 Å². The number of nitrogens with zero attached hydrogens (tertiary/aromatic N) is 3. The van der Waals surface area contributed by atoms with Gasteiger partial charge in [-0.3, -0.25) is 10.1 Å². The monoisotopic (exact) mass is 254 g/mol. The summed E-state index contributed by atoms with van der Waals surface area (Å²) in [4.78, 5) is 15.6. The van der Waals surface area contributed by atoms with E-state index in [0.29, 0.717) is 10.7 Å². The van der Waals surface area contributed by atoms with Gasteiger partial charge in [-0.05, 0) is 19.1 Å². The van der Waals surface area contributed by atoms with Gasteiger partial charge >= 0.3 is 0 Å². The molecular formula is C9H7ClN4OS. The van der Waals surface area contributed by atoms with Gasteiger partial charge in [0.2, 0.25) is 5.13 Å². The van der Waals surface area contributed by atoms with Crippen LogP contribution in [0, 0.1) is 6.92 Å². The lowest BCUT2D eigenvalue weighted by molar-refractivity contribution is 0.102. The van der Waals surface area contributed by atoms with Crippen molar-refractivity contribution < 1.29 is 4.79 Å². The molecule has 0 atom stereocenters. The molecular weight excluding hydrogens is 248 g/mol. The predicted octanol–water partition coefficient (Wildman–Crippen LogP) is 2.15. The number of aryl methyl sites for hydroxylation is 1. The van der Waals surface area contributed by atoms with Crippen molar-refractivity contribution >= 4 is 34.0 Å². The highest BCUT2D eigenvalue weighted by atomic mass is 35.5. The third kappa shape index (κ3) is 2.34. The Morgan fingerprint density at radius 2 is 2.31 bits per heavy atom. The summed E-state index contributed by atoms with van der Waals surface area (Å²) in [7, 11) is 0. The van der Waals surface area contributed by atoms with Gasteiger partial charge < -0.3 is 0 Å². The maximum absolute atomic E-state index is 11.7. The van der Waals surface area contributed by atoms with Gasteiger partial charge in [-0.1, -0.05) is 22.9 Å². The smallest absolute Gasteiger partial charge is 0.260 e. The Morgan fingerprint density at radius 3 is 2.94 bits per heavy atom. The van der Waals surface area contributed by atoms with E-state index in [4.69, 9.17) is 11.6 Å². The second-order valence-electron chi connectivity index (χ2n) is 2.92. The van der Waals surface area contributed by atoms with Crippen LogP contribution in [-0.2, 0) is 0 Å². The summed E-state index contributed by atoms with van der Waals surface area (Å²) >= 11 is 7.08. The molecule has 2 rings (SSSR count). The second kappa shape index (κ2) is 4.54. The van der Waals surface area contributed by atoms with Crippen molar-refractivity contribution in [3.8, 4) is 0 Å². The molecule has 2 aromatic heterocycles. The van der Waals surface area contributed by atoms with Gasteiger partial charge in [0.15, 0.2) is 0 Å². The van der Waals surface area contributed by atoms with E-state index in [1.54, 1.807) is 12.1 Å². The minimum atomic E-state index is -0.339. The van der Waals surface area contributed by atoms with Gasteiger partial charge in [-0.25, -0.2) is 4.98 Å². The largest absolute Gasteiger partial charge is 0.296 e. The highest BCUT2D eigenvalue weighted by Gasteiger charge is 2.12. The summed E-state index contributed by atoms with van der Waals surface area (Å²) in [6.45, 7) is 1.81. The van der Waals surface area contributed by atoms with Crippen LogP contribution in [0.25, 0.3) is 0 Å². The first-order valence-corrected chi connectivity index (χ1v) is 5.58. The molecule has 2 aromatic rings. The van der Waals surface area contributed by atoms with Gasteiger partial charge in [0.05, 0.1) is 5.56 Å². The number of aromatic nitrogens is 3. The first kappa shape index (κ1) is 11.0. The Bertz CT molecular complexity index is 528. The average molecular weight is 255 g/mol. The Hall–Kier alpha value is -1.53. The maximum Gasteiger partial charge on any atom is 0.260 e. The van der Waals surface area contributed by atoms with Gasteiger partial charge in [-0.15, -0.1) is 10.2 Å². The van der Waals surface area contributed by atoms with Gasteiger partial charge in [-0.2, -0.15) is 0 Å². The number of hydrogen-bond donors (Lipinski definition) is 1. The minimum absolute atomic E-state index is 0.168. The molecule has 2 heterocycles. The van der Waals surface area contributed by atoms with Crippen LogP contribution >= 0.6 is 22.9 Å². The fourth-order valence-electron chi connectivity index (χ4n) is 1.07. The van der Waals surface area contributed by atoms with Crippen molar-refractivity contribution in [2.24, 2.45) is 0 Å². The summed E-state index contributed by atoms with van der Waals surface area (Å²) in [5.41, 5.74) is 0.317. The number of rotatable bonds is 2. The zero-order valence-corrected chi connectivity index (χ0v) is 9.84. The fraction of sp³-hybridized carbons (Fsp3) is 0.111. The van der Waals surface area contributed by atoms with E-state index in [9.17, 15) is 4.79 Å². The molecule has 1 amide bonds. The summed E-state index contributed by atoms with van der Waals surface area (Å²) in [5.74, 6) is -0.339. The number of carbonyl (C=O) groups excluding carboxylic acids is 1. The Labute approximate surface area is 101 Å². The first-order valence-electron chi connectivity index (χ1n) is 4.39. The summed E-state index contributed by atoms with van der Waals surface area (Å²) in [5, 5.41) is 11.6. The highest BCUT2D eigenvalue weighted by Crippen LogP contribution is 2.17. The predicted molar refractivity (Wildman–Crippen MR) is 61.8 cm³/mol. The third-order valence-corrected chi connectivity index (χ3v) is 2.81. The normalized spacial score (nSPS) is 10.1. The highest BCUT2D eigenvalue weighted by molar-refractivity contribution is 7.15. The van der Waals surface area contributed by atoms with E-state index in [-0.39, 0.29) is 11.1 Å². The molecule has 0 unspecified atom stereocenters. The maximum atomic E-state index is 11.7. The summed E-state index contributed by atoms with van der Waals surface area (Å²) in [6, 6.07) is 3.24. The molecule has 5 nitrogen and oxygen atoms in total. The molecule has 0 spiro atoms. The summed E-state index contributed by atoms with van der Waals surface area (Å²) < 4.78 is 0. The van der Waals surface area contributed by atoms with Crippen molar-refractivity contribution in [3.63, 3.8) is 0 Å². The number of nitrogens with one attached hydrogen (secondary N) is 1. The number of amides is 1. The van der Waals surface area contributed by atoms with Crippen LogP contribution < -0.4 is 5.32 Å². The molecule has 16 heavy (non-hydrogen) atoms. The van der Waals surface area contributed by atoms with Gasteiger partial charge in [0.1, 0.15) is 10.2 Å². The minimum Gasteiger partial charge on any atom is -0.296 e. The van der Waals surface area contributed by atoms with E-state index in [1.165, 1.54) is 17.5 Å². The number of pyridine rings is 1. The van der Waals surface area contributed by atoms with Crippen LogP contribution in [0.3, 0.4) is 0 Å². The van der Waals surface area contributed by atoms with Gasteiger partial charge in [0, 0.05) is 6.20 Å². The number of hydrogen-bond acceptors (Lipinski definition) is 5. The van der Waals surface area contributed by atoms with Crippen LogP contribution in [-0.4, -0.2) is 21.1 Å². The number of carbonyl (C=O) groups is 1. The number of anilines is 1. The van der Waals surface area contributed by atoms with E-state index >= 15 is 0 Å². The molecule has 0 aliphatic heterocycles. The molecule has 0 aliphatic rings. The third-order valence-electron chi connectivity index (χ3n) is 1.75. The zero-order valence-electron chi connectivity index (χ0n) is 8.27. The van der Waals surface area contributed by atoms with Gasteiger partial charge in [0.25, 0.3) is 5.91 Å². The second-order valence-corrected chi connectivity index (χ2v) is 4.46. The molecule has 0 radical (unpaired) electrons. The molecule has 0 aromatic carbocycles. The lowest BCUT2D eigenvalue weighted by atomic mass is 10.3. The van der Waals surface area contributed by atoms with E-state index in [2.05, 4.69) is 20.5 Å². The Morgan fingerprint density at radius 1 is 1.50 bits per heavy atom. The van der Waals surface area contributed by atoms with Crippen LogP contribution in [0.1, 0.15) is 15.4 Å². The van der Waals surface area contributed by atoms with Crippen molar-refractivity contribution in [2.45, 2.75) is 6.92 Å². The van der Waals surface area contributed by atoms with Crippen LogP contribution in [0.5, 0.6) is 0 Å². The molecule has 0 fully saturated rings. The van der Waals surface area contributed by atoms with Crippen molar-refractivity contribution in [3.05, 3.63) is 34.1 Å². The topological polar surface area (TPSA) is 67.8 Å². The van der Waals surface area contributed by atoms with Crippen LogP contribution in [0.2, 0.25) is 5.15 Å². The standard InChI is InChI=1S/C9H7ClN4OS/c1-5-13-14-9(16-5)12-8(15)6-3-2-4-11-7(6)10/h2-4H,1H3,(H,12,14,15). The van der Waals surface area contributed by atoms with E-state index in [0.717, 1.165) is 5.01 Å².